The first kappa shape index (κ1) is 23.3. The van der Waals surface area contributed by atoms with Crippen LogP contribution in [0.1, 0.15) is 29.8 Å². The zero-order valence-corrected chi connectivity index (χ0v) is 19.2. The Morgan fingerprint density at radius 3 is 2.12 bits per heavy atom. The van der Waals surface area contributed by atoms with Crippen molar-refractivity contribution < 1.29 is 23.7 Å². The molecule has 1 aliphatic carbocycles. The molecule has 0 bridgehead atoms. The molecule has 2 unspecified atom stereocenters. The highest BCUT2D eigenvalue weighted by atomic mass is 16.6. The molecule has 0 N–H and O–H groups in total. The lowest BCUT2D eigenvalue weighted by Gasteiger charge is -2.48. The van der Waals surface area contributed by atoms with Gasteiger partial charge in [0, 0.05) is 19.8 Å². The van der Waals surface area contributed by atoms with Gasteiger partial charge in [-0.1, -0.05) is 36.4 Å². The molecule has 0 heterocycles. The Labute approximate surface area is 188 Å². The molecular formula is C26H27NO5. The highest BCUT2D eigenvalue weighted by molar-refractivity contribution is 6.08. The summed E-state index contributed by atoms with van der Waals surface area (Å²) in [5.74, 6) is 0.575. The number of ketones is 1. The number of nitrogens with zero attached hydrogens (tertiary/aromatic N) is 1. The first-order chi connectivity index (χ1) is 15.3. The summed E-state index contributed by atoms with van der Waals surface area (Å²) >= 11 is 0. The largest absolute Gasteiger partial charge is 0.493 e. The molecule has 6 nitrogen and oxygen atoms in total. The lowest BCUT2D eigenvalue weighted by Crippen LogP contribution is -2.63. The van der Waals surface area contributed by atoms with Crippen molar-refractivity contribution in [3.63, 3.8) is 0 Å². The number of hydrogen-bond donors (Lipinski definition) is 0. The molecule has 0 radical (unpaired) electrons. The molecule has 0 spiro atoms. The Morgan fingerprint density at radius 1 is 0.938 bits per heavy atom. The number of allylic oxidation sites excluding steroid dienone is 2. The third kappa shape index (κ3) is 3.31. The van der Waals surface area contributed by atoms with E-state index in [9.17, 15) is 10.1 Å². The lowest BCUT2D eigenvalue weighted by molar-refractivity contribution is -0.111. The molecule has 32 heavy (non-hydrogen) atoms. The Morgan fingerprint density at radius 2 is 1.59 bits per heavy atom. The Balaban J connectivity index is 2.27. The number of carbonyl (C=O) groups is 1. The maximum Gasteiger partial charge on any atom is 0.202 e. The second kappa shape index (κ2) is 8.99. The fourth-order valence-corrected chi connectivity index (χ4v) is 4.48. The van der Waals surface area contributed by atoms with Crippen LogP contribution in [0.2, 0.25) is 0 Å². The number of ether oxygens (including phenoxy) is 4. The average molecular weight is 434 g/mol. The minimum absolute atomic E-state index is 0.312. The smallest absolute Gasteiger partial charge is 0.202 e. The van der Waals surface area contributed by atoms with E-state index in [1.165, 1.54) is 28.4 Å². The van der Waals surface area contributed by atoms with Crippen LogP contribution in [0.15, 0.2) is 65.8 Å². The standard InChI is InChI=1S/C26H27NO5/c1-17-14-20(18-10-8-7-9-11-18)21(16-27)25(2,31-5)26(17,32-6)24(28)19-12-13-22(29-3)23(15-19)30-4/h7-15H,1-6H3. The van der Waals surface area contributed by atoms with E-state index in [2.05, 4.69) is 6.07 Å². The van der Waals surface area contributed by atoms with Gasteiger partial charge in [0.1, 0.15) is 5.60 Å². The van der Waals surface area contributed by atoms with Crippen LogP contribution in [0, 0.1) is 11.3 Å². The number of nitriles is 1. The van der Waals surface area contributed by atoms with Gasteiger partial charge in [0.15, 0.2) is 17.1 Å². The molecule has 6 heteroatoms. The molecule has 0 saturated heterocycles. The molecule has 166 valence electrons. The number of rotatable bonds is 7. The van der Waals surface area contributed by atoms with Crippen LogP contribution in [-0.4, -0.2) is 45.4 Å². The minimum atomic E-state index is -1.56. The number of hydrogen-bond acceptors (Lipinski definition) is 6. The van der Waals surface area contributed by atoms with Crippen LogP contribution in [0.5, 0.6) is 11.5 Å². The summed E-state index contributed by atoms with van der Waals surface area (Å²) in [7, 11) is 5.97. The fraction of sp³-hybridized carbons (Fsp3) is 0.308. The molecule has 0 aliphatic heterocycles. The van der Waals surface area contributed by atoms with Crippen LogP contribution >= 0.6 is 0 Å². The maximum absolute atomic E-state index is 14.0. The van der Waals surface area contributed by atoms with E-state index < -0.39 is 11.2 Å². The topological polar surface area (TPSA) is 77.8 Å². The van der Waals surface area contributed by atoms with E-state index in [4.69, 9.17) is 18.9 Å². The van der Waals surface area contributed by atoms with E-state index in [0.717, 1.165) is 5.56 Å². The second-order valence-corrected chi connectivity index (χ2v) is 7.62. The molecule has 2 aromatic carbocycles. The van der Waals surface area contributed by atoms with Crippen LogP contribution in [0.4, 0.5) is 0 Å². The summed E-state index contributed by atoms with van der Waals surface area (Å²) in [5.41, 5.74) is -0.108. The molecule has 0 fully saturated rings. The SMILES string of the molecule is COc1ccc(C(=O)C2(OC)C(C)=CC(c3ccccc3)=C(C#N)C2(C)OC)cc1OC. The number of methoxy groups -OCH3 is 4. The molecule has 0 aromatic heterocycles. The Bertz CT molecular complexity index is 1130. The van der Waals surface area contributed by atoms with E-state index in [-0.39, 0.29) is 5.78 Å². The van der Waals surface area contributed by atoms with Gasteiger partial charge in [0.2, 0.25) is 5.78 Å². The van der Waals surface area contributed by atoms with Crippen LogP contribution in [0.3, 0.4) is 0 Å². The van der Waals surface area contributed by atoms with Crippen LogP contribution < -0.4 is 9.47 Å². The van der Waals surface area contributed by atoms with E-state index >= 15 is 0 Å². The lowest BCUT2D eigenvalue weighted by atomic mass is 9.65. The Hall–Kier alpha value is -3.40. The van der Waals surface area contributed by atoms with Gasteiger partial charge in [0.25, 0.3) is 0 Å². The molecule has 3 rings (SSSR count). The minimum Gasteiger partial charge on any atom is -0.493 e. The van der Waals surface area contributed by atoms with Gasteiger partial charge < -0.3 is 18.9 Å². The summed E-state index contributed by atoms with van der Waals surface area (Å²) in [5, 5.41) is 10.2. The predicted molar refractivity (Wildman–Crippen MR) is 122 cm³/mol. The summed E-state index contributed by atoms with van der Waals surface area (Å²) in [6.45, 7) is 3.53. The number of carbonyl (C=O) groups excluding carboxylic acids is 1. The van der Waals surface area contributed by atoms with Gasteiger partial charge in [-0.15, -0.1) is 0 Å². The van der Waals surface area contributed by atoms with E-state index in [0.29, 0.717) is 33.8 Å². The van der Waals surface area contributed by atoms with Crippen molar-refractivity contribution >= 4 is 11.4 Å². The van der Waals surface area contributed by atoms with Crippen LogP contribution in [0.25, 0.3) is 5.57 Å². The van der Waals surface area contributed by atoms with Gasteiger partial charge in [-0.3, -0.25) is 4.79 Å². The predicted octanol–water partition coefficient (Wildman–Crippen LogP) is 4.61. The summed E-state index contributed by atoms with van der Waals surface area (Å²) in [4.78, 5) is 14.0. The van der Waals surface area contributed by atoms with E-state index in [1.807, 2.05) is 43.3 Å². The van der Waals surface area contributed by atoms with Crippen LogP contribution in [-0.2, 0) is 9.47 Å². The third-order valence-electron chi connectivity index (χ3n) is 6.21. The molecule has 0 saturated carbocycles. The fourth-order valence-electron chi connectivity index (χ4n) is 4.48. The van der Waals surface area contributed by atoms with Crippen molar-refractivity contribution in [3.05, 3.63) is 76.9 Å². The first-order valence-corrected chi connectivity index (χ1v) is 10.1. The zero-order chi connectivity index (χ0) is 23.5. The molecule has 2 atom stereocenters. The highest BCUT2D eigenvalue weighted by Gasteiger charge is 2.61. The Kier molecular flexibility index (Phi) is 6.54. The van der Waals surface area contributed by atoms with Gasteiger partial charge in [-0.25, -0.2) is 0 Å². The normalized spacial score (nSPS) is 22.7. The van der Waals surface area contributed by atoms with Crippen molar-refractivity contribution in [2.45, 2.75) is 25.0 Å². The van der Waals surface area contributed by atoms with Gasteiger partial charge in [0.05, 0.1) is 25.9 Å². The van der Waals surface area contributed by atoms with E-state index in [1.54, 1.807) is 25.1 Å². The van der Waals surface area contributed by atoms with Gasteiger partial charge in [-0.2, -0.15) is 5.26 Å². The molecule has 0 amide bonds. The highest BCUT2D eigenvalue weighted by Crippen LogP contribution is 2.49. The van der Waals surface area contributed by atoms with Gasteiger partial charge >= 0.3 is 0 Å². The number of Topliss-reactive ketones (excluding diaryl/α,β-unsaturated/α-hetero) is 1. The van der Waals surface area contributed by atoms with Crippen molar-refractivity contribution in [1.29, 1.82) is 5.26 Å². The summed E-state index contributed by atoms with van der Waals surface area (Å²) in [6, 6.07) is 16.7. The zero-order valence-electron chi connectivity index (χ0n) is 19.2. The van der Waals surface area contributed by atoms with Crippen molar-refractivity contribution in [2.75, 3.05) is 28.4 Å². The van der Waals surface area contributed by atoms with Crippen molar-refractivity contribution in [2.24, 2.45) is 0 Å². The van der Waals surface area contributed by atoms with Crippen molar-refractivity contribution in [1.82, 2.24) is 0 Å². The average Bonchev–Trinajstić information content (AvgIpc) is 2.83. The van der Waals surface area contributed by atoms with Crippen molar-refractivity contribution in [3.8, 4) is 17.6 Å². The molecule has 1 aliphatic rings. The number of benzene rings is 2. The summed E-state index contributed by atoms with van der Waals surface area (Å²) in [6.07, 6.45) is 1.83. The maximum atomic E-state index is 14.0. The third-order valence-corrected chi connectivity index (χ3v) is 6.21. The molecular weight excluding hydrogens is 406 g/mol. The van der Waals surface area contributed by atoms with Gasteiger partial charge in [-0.05, 0) is 48.8 Å². The quantitative estimate of drug-likeness (QED) is 0.593. The molecule has 2 aromatic rings. The monoisotopic (exact) mass is 433 g/mol. The summed E-state index contributed by atoms with van der Waals surface area (Å²) < 4.78 is 22.6. The second-order valence-electron chi connectivity index (χ2n) is 7.62. The first-order valence-electron chi connectivity index (χ1n) is 10.1.